The third-order valence-electron chi connectivity index (χ3n) is 1.93. The van der Waals surface area contributed by atoms with Gasteiger partial charge in [-0.25, -0.2) is 0 Å². The number of carbonyl (C=O) groups is 1. The summed E-state index contributed by atoms with van der Waals surface area (Å²) in [6, 6.07) is 0. The monoisotopic (exact) mass is 217 g/mol. The molecule has 1 N–H and O–H groups in total. The first kappa shape index (κ1) is 14.4. The van der Waals surface area contributed by atoms with Gasteiger partial charge in [-0.05, 0) is 20.3 Å². The van der Waals surface area contributed by atoms with Crippen LogP contribution in [0.2, 0.25) is 0 Å². The minimum absolute atomic E-state index is 0.0706. The molecule has 0 aliphatic carbocycles. The van der Waals surface area contributed by atoms with E-state index >= 15 is 0 Å². The van der Waals surface area contributed by atoms with Crippen molar-refractivity contribution in [2.75, 3.05) is 19.8 Å². The third kappa shape index (κ3) is 8.39. The number of hydrogen-bond acceptors (Lipinski definition) is 3. The molecule has 0 spiro atoms. The zero-order valence-electron chi connectivity index (χ0n) is 10.0. The van der Waals surface area contributed by atoms with Gasteiger partial charge in [-0.1, -0.05) is 13.3 Å². The molecule has 0 rings (SSSR count). The van der Waals surface area contributed by atoms with E-state index in [2.05, 4.69) is 12.2 Å². The summed E-state index contributed by atoms with van der Waals surface area (Å²) in [5.41, 5.74) is 0. The molecule has 0 aliphatic heterocycles. The van der Waals surface area contributed by atoms with E-state index in [1.54, 1.807) is 0 Å². The summed E-state index contributed by atoms with van der Waals surface area (Å²) in [4.78, 5) is 11.3. The predicted octanol–water partition coefficient (Wildman–Crippen LogP) is 1.69. The molecule has 4 nitrogen and oxygen atoms in total. The average molecular weight is 217 g/mol. The van der Waals surface area contributed by atoms with E-state index in [-0.39, 0.29) is 12.2 Å². The average Bonchev–Trinajstić information content (AvgIpc) is 2.23. The zero-order valence-corrected chi connectivity index (χ0v) is 10.0. The van der Waals surface area contributed by atoms with Crippen LogP contribution < -0.4 is 5.32 Å². The molecular formula is C11H23NO3. The summed E-state index contributed by atoms with van der Waals surface area (Å²) >= 11 is 0. The molecule has 0 aromatic rings. The molecule has 0 aromatic heterocycles. The second kappa shape index (κ2) is 9.93. The van der Waals surface area contributed by atoms with E-state index in [9.17, 15) is 4.79 Å². The van der Waals surface area contributed by atoms with Gasteiger partial charge in [0.2, 0.25) is 5.91 Å². The minimum Gasteiger partial charge on any atom is -0.351 e. The van der Waals surface area contributed by atoms with Crippen molar-refractivity contribution >= 4 is 5.91 Å². The fraction of sp³-hybridized carbons (Fsp3) is 0.909. The van der Waals surface area contributed by atoms with Crippen LogP contribution in [0.15, 0.2) is 0 Å². The molecule has 0 bridgehead atoms. The van der Waals surface area contributed by atoms with Gasteiger partial charge in [-0.15, -0.1) is 0 Å². The van der Waals surface area contributed by atoms with Crippen LogP contribution in [-0.4, -0.2) is 32.0 Å². The highest BCUT2D eigenvalue weighted by atomic mass is 16.7. The predicted molar refractivity (Wildman–Crippen MR) is 59.6 cm³/mol. The fourth-order valence-electron chi connectivity index (χ4n) is 1.16. The van der Waals surface area contributed by atoms with Gasteiger partial charge < -0.3 is 14.8 Å². The lowest BCUT2D eigenvalue weighted by molar-refractivity contribution is -0.140. The highest BCUT2D eigenvalue weighted by Gasteiger charge is 2.09. The molecule has 15 heavy (non-hydrogen) atoms. The van der Waals surface area contributed by atoms with Crippen molar-refractivity contribution in [2.24, 2.45) is 0 Å². The Morgan fingerprint density at radius 2 is 1.80 bits per heavy atom. The van der Waals surface area contributed by atoms with Gasteiger partial charge in [0.1, 0.15) is 0 Å². The molecule has 0 fully saturated rings. The van der Waals surface area contributed by atoms with E-state index < -0.39 is 0 Å². The molecule has 0 heterocycles. The minimum atomic E-state index is -0.314. The normalized spacial score (nSPS) is 10.7. The van der Waals surface area contributed by atoms with Crippen LogP contribution in [0, 0.1) is 0 Å². The molecule has 0 aromatic carbocycles. The fourth-order valence-corrected chi connectivity index (χ4v) is 1.16. The van der Waals surface area contributed by atoms with Crippen LogP contribution >= 0.6 is 0 Å². The smallest absolute Gasteiger partial charge is 0.220 e. The number of carbonyl (C=O) groups excluding carboxylic acids is 1. The Hall–Kier alpha value is -0.610. The van der Waals surface area contributed by atoms with Crippen molar-refractivity contribution in [3.05, 3.63) is 0 Å². The SMILES string of the molecule is CCCCC(=O)NCC(OCC)OCC. The van der Waals surface area contributed by atoms with Crippen LogP contribution in [0.4, 0.5) is 0 Å². The molecule has 0 radical (unpaired) electrons. The lowest BCUT2D eigenvalue weighted by atomic mass is 10.2. The molecule has 90 valence electrons. The van der Waals surface area contributed by atoms with E-state index in [1.807, 2.05) is 13.8 Å². The van der Waals surface area contributed by atoms with E-state index in [0.717, 1.165) is 12.8 Å². The lowest BCUT2D eigenvalue weighted by Gasteiger charge is -2.17. The van der Waals surface area contributed by atoms with Crippen molar-refractivity contribution in [3.8, 4) is 0 Å². The van der Waals surface area contributed by atoms with Crippen LogP contribution in [0.1, 0.15) is 40.0 Å². The maximum Gasteiger partial charge on any atom is 0.220 e. The van der Waals surface area contributed by atoms with Gasteiger partial charge in [0.05, 0.1) is 6.54 Å². The highest BCUT2D eigenvalue weighted by molar-refractivity contribution is 5.75. The maximum atomic E-state index is 11.3. The van der Waals surface area contributed by atoms with Crippen LogP contribution in [0.5, 0.6) is 0 Å². The van der Waals surface area contributed by atoms with Crippen molar-refractivity contribution in [3.63, 3.8) is 0 Å². The van der Waals surface area contributed by atoms with E-state index in [1.165, 1.54) is 0 Å². The van der Waals surface area contributed by atoms with Gasteiger partial charge in [0, 0.05) is 19.6 Å². The Morgan fingerprint density at radius 1 is 1.20 bits per heavy atom. The van der Waals surface area contributed by atoms with Crippen LogP contribution in [-0.2, 0) is 14.3 Å². The summed E-state index contributed by atoms with van der Waals surface area (Å²) in [6.45, 7) is 7.50. The largest absolute Gasteiger partial charge is 0.351 e. The zero-order chi connectivity index (χ0) is 11.5. The Bertz CT molecular complexity index is 156. The first-order chi connectivity index (χ1) is 7.24. The van der Waals surface area contributed by atoms with E-state index in [4.69, 9.17) is 9.47 Å². The standard InChI is InChI=1S/C11H23NO3/c1-4-7-8-10(13)12-9-11(14-5-2)15-6-3/h11H,4-9H2,1-3H3,(H,12,13). The van der Waals surface area contributed by atoms with Crippen molar-refractivity contribution in [1.29, 1.82) is 0 Å². The topological polar surface area (TPSA) is 47.6 Å². The van der Waals surface area contributed by atoms with Gasteiger partial charge in [0.15, 0.2) is 6.29 Å². The molecule has 4 heteroatoms. The van der Waals surface area contributed by atoms with Gasteiger partial charge in [-0.3, -0.25) is 4.79 Å². The summed E-state index contributed by atoms with van der Waals surface area (Å²) in [5, 5.41) is 2.80. The van der Waals surface area contributed by atoms with Crippen molar-refractivity contribution in [2.45, 2.75) is 46.3 Å². The third-order valence-corrected chi connectivity index (χ3v) is 1.93. The van der Waals surface area contributed by atoms with Gasteiger partial charge >= 0.3 is 0 Å². The molecule has 1 amide bonds. The quantitative estimate of drug-likeness (QED) is 0.598. The molecular weight excluding hydrogens is 194 g/mol. The Kier molecular flexibility index (Phi) is 9.52. The lowest BCUT2D eigenvalue weighted by Crippen LogP contribution is -2.35. The Labute approximate surface area is 92.3 Å². The van der Waals surface area contributed by atoms with E-state index in [0.29, 0.717) is 26.2 Å². The summed E-state index contributed by atoms with van der Waals surface area (Å²) in [7, 11) is 0. The number of rotatable bonds is 9. The second-order valence-corrected chi connectivity index (χ2v) is 3.25. The maximum absolute atomic E-state index is 11.3. The Balaban J connectivity index is 3.62. The van der Waals surface area contributed by atoms with Crippen molar-refractivity contribution < 1.29 is 14.3 Å². The van der Waals surface area contributed by atoms with Gasteiger partial charge in [-0.2, -0.15) is 0 Å². The van der Waals surface area contributed by atoms with Gasteiger partial charge in [0.25, 0.3) is 0 Å². The summed E-state index contributed by atoms with van der Waals surface area (Å²) in [5.74, 6) is 0.0706. The Morgan fingerprint density at radius 3 is 2.27 bits per heavy atom. The molecule has 0 unspecified atom stereocenters. The number of nitrogens with one attached hydrogen (secondary N) is 1. The number of ether oxygens (including phenoxy) is 2. The van der Waals surface area contributed by atoms with Crippen molar-refractivity contribution in [1.82, 2.24) is 5.32 Å². The first-order valence-corrected chi connectivity index (χ1v) is 5.74. The second-order valence-electron chi connectivity index (χ2n) is 3.25. The molecule has 0 saturated heterocycles. The number of hydrogen-bond donors (Lipinski definition) is 1. The van der Waals surface area contributed by atoms with Crippen LogP contribution in [0.3, 0.4) is 0 Å². The van der Waals surface area contributed by atoms with Crippen LogP contribution in [0.25, 0.3) is 0 Å². The first-order valence-electron chi connectivity index (χ1n) is 5.74. The molecule has 0 atom stereocenters. The highest BCUT2D eigenvalue weighted by Crippen LogP contribution is 1.96. The number of amides is 1. The summed E-state index contributed by atoms with van der Waals surface area (Å²) < 4.78 is 10.6. The number of unbranched alkanes of at least 4 members (excludes halogenated alkanes) is 1. The molecule has 0 aliphatic rings. The molecule has 0 saturated carbocycles. The summed E-state index contributed by atoms with van der Waals surface area (Å²) in [6.07, 6.45) is 2.24.